The van der Waals surface area contributed by atoms with E-state index in [1.165, 1.54) is 5.56 Å². The van der Waals surface area contributed by atoms with Crippen molar-refractivity contribution < 1.29 is 8.42 Å². The van der Waals surface area contributed by atoms with Gasteiger partial charge in [0.2, 0.25) is 0 Å². The zero-order valence-corrected chi connectivity index (χ0v) is 15.1. The quantitative estimate of drug-likeness (QED) is 0.832. The lowest BCUT2D eigenvalue weighted by Crippen LogP contribution is -2.30. The summed E-state index contributed by atoms with van der Waals surface area (Å²) in [7, 11) is -2.85. The predicted molar refractivity (Wildman–Crippen MR) is 91.4 cm³/mol. The standard InChI is InChI=1S/C16H24BrNO2S/c1-12(2)9-18-10-15(13-7-8-21(19,20)11-13)14-5-3-4-6-16(14)17/h3-6,12-13,15,18H,7-11H2,1-2H3. The molecule has 5 heteroatoms. The zero-order chi connectivity index (χ0) is 15.5. The Balaban J connectivity index is 2.17. The molecular formula is C16H24BrNO2S. The molecule has 1 N–H and O–H groups in total. The van der Waals surface area contributed by atoms with Gasteiger partial charge >= 0.3 is 0 Å². The average Bonchev–Trinajstić information content (AvgIpc) is 2.76. The summed E-state index contributed by atoms with van der Waals surface area (Å²) in [6.07, 6.45) is 0.775. The monoisotopic (exact) mass is 373 g/mol. The van der Waals surface area contributed by atoms with Crippen LogP contribution in [-0.4, -0.2) is 33.0 Å². The Labute approximate surface area is 136 Å². The molecule has 118 valence electrons. The van der Waals surface area contributed by atoms with E-state index in [0.29, 0.717) is 17.4 Å². The lowest BCUT2D eigenvalue weighted by molar-refractivity contribution is 0.423. The second-order valence-corrected chi connectivity index (χ2v) is 9.43. The van der Waals surface area contributed by atoms with Crippen LogP contribution in [0.25, 0.3) is 0 Å². The van der Waals surface area contributed by atoms with Crippen LogP contribution in [0, 0.1) is 11.8 Å². The van der Waals surface area contributed by atoms with Gasteiger partial charge in [0, 0.05) is 16.9 Å². The van der Waals surface area contributed by atoms with Gasteiger partial charge in [0.1, 0.15) is 0 Å². The molecular weight excluding hydrogens is 350 g/mol. The molecule has 0 radical (unpaired) electrons. The molecule has 0 aliphatic carbocycles. The van der Waals surface area contributed by atoms with E-state index in [1.54, 1.807) is 0 Å². The van der Waals surface area contributed by atoms with Crippen molar-refractivity contribution in [1.82, 2.24) is 5.32 Å². The highest BCUT2D eigenvalue weighted by Crippen LogP contribution is 2.36. The van der Waals surface area contributed by atoms with Gasteiger partial charge in [-0.05, 0) is 36.4 Å². The molecule has 0 saturated carbocycles. The van der Waals surface area contributed by atoms with Crippen LogP contribution in [0.4, 0.5) is 0 Å². The molecule has 1 aromatic rings. The van der Waals surface area contributed by atoms with E-state index in [-0.39, 0.29) is 11.8 Å². The minimum Gasteiger partial charge on any atom is -0.316 e. The minimum atomic E-state index is -2.85. The van der Waals surface area contributed by atoms with Crippen molar-refractivity contribution in [2.24, 2.45) is 11.8 Å². The van der Waals surface area contributed by atoms with Gasteiger partial charge in [-0.1, -0.05) is 48.0 Å². The summed E-state index contributed by atoms with van der Waals surface area (Å²) in [5, 5.41) is 3.50. The number of rotatable bonds is 6. The lowest BCUT2D eigenvalue weighted by Gasteiger charge is -2.25. The number of hydrogen-bond acceptors (Lipinski definition) is 3. The Morgan fingerprint density at radius 2 is 2.00 bits per heavy atom. The largest absolute Gasteiger partial charge is 0.316 e. The first-order valence-corrected chi connectivity index (χ1v) is 10.2. The fourth-order valence-corrected chi connectivity index (χ4v) is 5.43. The van der Waals surface area contributed by atoms with Crippen molar-refractivity contribution >= 4 is 25.8 Å². The van der Waals surface area contributed by atoms with Crippen molar-refractivity contribution in [3.8, 4) is 0 Å². The predicted octanol–water partition coefficient (Wildman–Crippen LogP) is 3.21. The summed E-state index contributed by atoms with van der Waals surface area (Å²) >= 11 is 3.62. The summed E-state index contributed by atoms with van der Waals surface area (Å²) in [4.78, 5) is 0. The average molecular weight is 374 g/mol. The molecule has 1 fully saturated rings. The van der Waals surface area contributed by atoms with Gasteiger partial charge in [-0.2, -0.15) is 0 Å². The van der Waals surface area contributed by atoms with Gasteiger partial charge in [-0.3, -0.25) is 0 Å². The van der Waals surface area contributed by atoms with Gasteiger partial charge < -0.3 is 5.32 Å². The fourth-order valence-electron chi connectivity index (χ4n) is 2.97. The smallest absolute Gasteiger partial charge is 0.150 e. The van der Waals surface area contributed by atoms with Gasteiger partial charge in [0.05, 0.1) is 11.5 Å². The summed E-state index contributed by atoms with van der Waals surface area (Å²) in [5.74, 6) is 1.72. The van der Waals surface area contributed by atoms with Gasteiger partial charge in [0.15, 0.2) is 9.84 Å². The van der Waals surface area contributed by atoms with E-state index >= 15 is 0 Å². The molecule has 0 aromatic heterocycles. The summed E-state index contributed by atoms with van der Waals surface area (Å²) in [5.41, 5.74) is 1.22. The summed E-state index contributed by atoms with van der Waals surface area (Å²) < 4.78 is 24.7. The van der Waals surface area contributed by atoms with Crippen molar-refractivity contribution in [3.05, 3.63) is 34.3 Å². The van der Waals surface area contributed by atoms with E-state index in [2.05, 4.69) is 41.2 Å². The molecule has 1 aliphatic heterocycles. The molecule has 1 aliphatic rings. The molecule has 0 spiro atoms. The second kappa shape index (κ2) is 7.25. The van der Waals surface area contributed by atoms with Crippen LogP contribution in [0.2, 0.25) is 0 Å². The van der Waals surface area contributed by atoms with Gasteiger partial charge in [0.25, 0.3) is 0 Å². The van der Waals surface area contributed by atoms with Crippen LogP contribution in [0.15, 0.2) is 28.7 Å². The third-order valence-electron chi connectivity index (χ3n) is 4.06. The van der Waals surface area contributed by atoms with Crippen molar-refractivity contribution in [2.75, 3.05) is 24.6 Å². The third-order valence-corrected chi connectivity index (χ3v) is 6.57. The first-order chi connectivity index (χ1) is 9.89. The molecule has 2 rings (SSSR count). The third kappa shape index (κ3) is 4.80. The lowest BCUT2D eigenvalue weighted by atomic mass is 9.85. The topological polar surface area (TPSA) is 46.2 Å². The van der Waals surface area contributed by atoms with Crippen LogP contribution in [0.3, 0.4) is 0 Å². The molecule has 1 aromatic carbocycles. The Hall–Kier alpha value is -0.390. The Morgan fingerprint density at radius 3 is 2.57 bits per heavy atom. The molecule has 0 bridgehead atoms. The Morgan fingerprint density at radius 1 is 1.29 bits per heavy atom. The SMILES string of the molecule is CC(C)CNCC(c1ccccc1Br)C1CCS(=O)(=O)C1. The first-order valence-electron chi connectivity index (χ1n) is 7.54. The molecule has 0 amide bonds. The van der Waals surface area contributed by atoms with E-state index in [4.69, 9.17) is 0 Å². The van der Waals surface area contributed by atoms with E-state index in [0.717, 1.165) is 24.0 Å². The minimum absolute atomic E-state index is 0.216. The maximum atomic E-state index is 11.8. The highest BCUT2D eigenvalue weighted by molar-refractivity contribution is 9.10. The van der Waals surface area contributed by atoms with E-state index in [9.17, 15) is 8.42 Å². The summed E-state index contributed by atoms with van der Waals surface area (Å²) in [6, 6.07) is 8.17. The fraction of sp³-hybridized carbons (Fsp3) is 0.625. The van der Waals surface area contributed by atoms with Gasteiger partial charge in [-0.25, -0.2) is 8.42 Å². The Bertz CT molecular complexity index is 571. The highest BCUT2D eigenvalue weighted by Gasteiger charge is 2.34. The van der Waals surface area contributed by atoms with Crippen molar-refractivity contribution in [1.29, 1.82) is 0 Å². The summed E-state index contributed by atoms with van der Waals surface area (Å²) in [6.45, 7) is 6.16. The number of benzene rings is 1. The zero-order valence-electron chi connectivity index (χ0n) is 12.7. The highest BCUT2D eigenvalue weighted by atomic mass is 79.9. The first kappa shape index (κ1) is 17.0. The maximum absolute atomic E-state index is 11.8. The molecule has 2 atom stereocenters. The van der Waals surface area contributed by atoms with Crippen LogP contribution >= 0.6 is 15.9 Å². The molecule has 21 heavy (non-hydrogen) atoms. The molecule has 1 saturated heterocycles. The number of sulfone groups is 1. The van der Waals surface area contributed by atoms with Crippen LogP contribution in [-0.2, 0) is 9.84 Å². The number of hydrogen-bond donors (Lipinski definition) is 1. The second-order valence-electron chi connectivity index (χ2n) is 6.34. The van der Waals surface area contributed by atoms with Gasteiger partial charge in [-0.15, -0.1) is 0 Å². The molecule has 2 unspecified atom stereocenters. The van der Waals surface area contributed by atoms with Crippen LogP contribution < -0.4 is 5.32 Å². The molecule has 1 heterocycles. The number of halogens is 1. The number of nitrogens with one attached hydrogen (secondary N) is 1. The van der Waals surface area contributed by atoms with E-state index in [1.807, 2.05) is 18.2 Å². The normalized spacial score (nSPS) is 22.6. The Kier molecular flexibility index (Phi) is 5.86. The van der Waals surface area contributed by atoms with Crippen molar-refractivity contribution in [3.63, 3.8) is 0 Å². The van der Waals surface area contributed by atoms with Crippen LogP contribution in [0.1, 0.15) is 31.7 Å². The maximum Gasteiger partial charge on any atom is 0.150 e. The van der Waals surface area contributed by atoms with Crippen molar-refractivity contribution in [2.45, 2.75) is 26.2 Å². The molecule has 3 nitrogen and oxygen atoms in total. The van der Waals surface area contributed by atoms with E-state index < -0.39 is 9.84 Å². The van der Waals surface area contributed by atoms with Crippen LogP contribution in [0.5, 0.6) is 0 Å².